The van der Waals surface area contributed by atoms with Crippen molar-refractivity contribution in [1.29, 1.82) is 0 Å². The van der Waals surface area contributed by atoms with Crippen LogP contribution in [0.4, 0.5) is 4.39 Å². The number of aromatic nitrogens is 1. The van der Waals surface area contributed by atoms with Crippen molar-refractivity contribution >= 4 is 17.5 Å². The lowest BCUT2D eigenvalue weighted by Crippen LogP contribution is -2.18. The van der Waals surface area contributed by atoms with Crippen LogP contribution in [0.2, 0.25) is 0 Å². The second-order valence-corrected chi connectivity index (χ2v) is 5.36. The molecule has 2 aromatic rings. The maximum Gasteiger partial charge on any atom is 0.372 e. The van der Waals surface area contributed by atoms with Crippen molar-refractivity contribution in [2.75, 3.05) is 0 Å². The molecule has 0 saturated carbocycles. The number of rotatable bonds is 6. The van der Waals surface area contributed by atoms with Gasteiger partial charge in [0.25, 0.3) is 0 Å². The number of carbonyl (C=O) groups excluding carboxylic acids is 2. The van der Waals surface area contributed by atoms with Crippen molar-refractivity contribution in [3.63, 3.8) is 0 Å². The van der Waals surface area contributed by atoms with Gasteiger partial charge in [0.15, 0.2) is 5.78 Å². The van der Waals surface area contributed by atoms with Crippen molar-refractivity contribution in [2.45, 2.75) is 26.8 Å². The van der Waals surface area contributed by atoms with Gasteiger partial charge in [0.05, 0.1) is 6.42 Å². The quantitative estimate of drug-likeness (QED) is 0.504. The van der Waals surface area contributed by atoms with Gasteiger partial charge in [-0.15, -0.1) is 0 Å². The minimum absolute atomic E-state index is 0.322. The van der Waals surface area contributed by atoms with Crippen LogP contribution in [0.25, 0.3) is 0 Å². The van der Waals surface area contributed by atoms with E-state index in [-0.39, 0.29) is 5.82 Å². The van der Waals surface area contributed by atoms with Crippen LogP contribution in [0.15, 0.2) is 30.5 Å². The fourth-order valence-electron chi connectivity index (χ4n) is 2.51. The Hall–Kier alpha value is -2.76. The number of Topliss-reactive ketones (excluding diaryl/α,β-unsaturated/α-hetero) is 2. The van der Waals surface area contributed by atoms with Crippen LogP contribution in [0.5, 0.6) is 0 Å². The highest BCUT2D eigenvalue weighted by Crippen LogP contribution is 2.20. The van der Waals surface area contributed by atoms with Crippen LogP contribution in [0.1, 0.15) is 33.6 Å². The van der Waals surface area contributed by atoms with Crippen LogP contribution in [-0.4, -0.2) is 27.2 Å². The van der Waals surface area contributed by atoms with E-state index in [9.17, 15) is 18.8 Å². The average Bonchev–Trinajstić information content (AvgIpc) is 2.75. The summed E-state index contributed by atoms with van der Waals surface area (Å²) in [6.45, 7) is 3.91. The maximum atomic E-state index is 12.9. The Balaban J connectivity index is 2.25. The number of benzene rings is 1. The van der Waals surface area contributed by atoms with Gasteiger partial charge in [-0.3, -0.25) is 9.59 Å². The molecule has 1 aromatic heterocycles. The summed E-state index contributed by atoms with van der Waals surface area (Å²) >= 11 is 0. The second-order valence-electron chi connectivity index (χ2n) is 5.36. The van der Waals surface area contributed by atoms with Gasteiger partial charge in [-0.1, -0.05) is 12.1 Å². The number of hydrogen-bond donors (Lipinski definition) is 1. The number of halogens is 1. The third-order valence-electron chi connectivity index (χ3n) is 3.64. The van der Waals surface area contributed by atoms with Crippen molar-refractivity contribution in [2.24, 2.45) is 0 Å². The van der Waals surface area contributed by atoms with Gasteiger partial charge in [0.2, 0.25) is 5.78 Å². The van der Waals surface area contributed by atoms with Gasteiger partial charge in [0, 0.05) is 24.0 Å². The molecule has 23 heavy (non-hydrogen) atoms. The van der Waals surface area contributed by atoms with Crippen LogP contribution in [0.3, 0.4) is 0 Å². The molecule has 0 atom stereocenters. The van der Waals surface area contributed by atoms with E-state index in [1.54, 1.807) is 32.2 Å². The summed E-state index contributed by atoms with van der Waals surface area (Å²) in [5.41, 5.74) is 2.55. The summed E-state index contributed by atoms with van der Waals surface area (Å²) in [6.07, 6.45) is 1.11. The lowest BCUT2D eigenvalue weighted by molar-refractivity contribution is -0.148. The third-order valence-corrected chi connectivity index (χ3v) is 3.64. The zero-order chi connectivity index (χ0) is 17.1. The Kier molecular flexibility index (Phi) is 4.74. The molecule has 0 bridgehead atoms. The zero-order valence-corrected chi connectivity index (χ0v) is 12.8. The number of nitrogens with zero attached hydrogens (tertiary/aromatic N) is 1. The van der Waals surface area contributed by atoms with Crippen molar-refractivity contribution in [1.82, 2.24) is 4.57 Å². The molecule has 0 fully saturated rings. The van der Waals surface area contributed by atoms with Crippen LogP contribution in [-0.2, 0) is 16.1 Å². The van der Waals surface area contributed by atoms with Crippen molar-refractivity contribution in [3.05, 3.63) is 58.7 Å². The first kappa shape index (κ1) is 16.6. The molecule has 1 heterocycles. The zero-order valence-electron chi connectivity index (χ0n) is 12.8. The molecule has 120 valence electrons. The summed E-state index contributed by atoms with van der Waals surface area (Å²) < 4.78 is 14.8. The normalized spacial score (nSPS) is 10.6. The highest BCUT2D eigenvalue weighted by molar-refractivity contribution is 6.37. The molecular formula is C17H16FNO4. The lowest BCUT2D eigenvalue weighted by Gasteiger charge is -2.07. The Morgan fingerprint density at radius 3 is 2.30 bits per heavy atom. The molecule has 6 heteroatoms. The topological polar surface area (TPSA) is 76.4 Å². The number of hydrogen-bond acceptors (Lipinski definition) is 3. The van der Waals surface area contributed by atoms with Gasteiger partial charge >= 0.3 is 5.97 Å². The minimum atomic E-state index is -1.61. The monoisotopic (exact) mass is 317 g/mol. The second kappa shape index (κ2) is 6.56. The van der Waals surface area contributed by atoms with Crippen LogP contribution < -0.4 is 0 Å². The highest BCUT2D eigenvalue weighted by Gasteiger charge is 2.22. The van der Waals surface area contributed by atoms with Crippen molar-refractivity contribution < 1.29 is 23.9 Å². The van der Waals surface area contributed by atoms with Gasteiger partial charge in [-0.05, 0) is 37.1 Å². The number of aliphatic carboxylic acids is 1. The smallest absolute Gasteiger partial charge is 0.372 e. The minimum Gasteiger partial charge on any atom is -0.475 e. The maximum absolute atomic E-state index is 12.9. The van der Waals surface area contributed by atoms with E-state index in [1.165, 1.54) is 12.1 Å². The van der Waals surface area contributed by atoms with E-state index in [0.717, 1.165) is 5.56 Å². The Labute approximate surface area is 132 Å². The first-order chi connectivity index (χ1) is 10.8. The fraction of sp³-hybridized carbons (Fsp3) is 0.235. The first-order valence-electron chi connectivity index (χ1n) is 6.99. The van der Waals surface area contributed by atoms with Gasteiger partial charge in [0.1, 0.15) is 5.82 Å². The van der Waals surface area contributed by atoms with E-state index in [4.69, 9.17) is 5.11 Å². The summed E-state index contributed by atoms with van der Waals surface area (Å²) in [5.74, 6) is -3.57. The molecule has 0 spiro atoms. The number of carboxylic acid groups (broad SMARTS) is 1. The van der Waals surface area contributed by atoms with Crippen LogP contribution in [0, 0.1) is 19.7 Å². The van der Waals surface area contributed by atoms with E-state index >= 15 is 0 Å². The molecule has 0 aliphatic heterocycles. The summed E-state index contributed by atoms with van der Waals surface area (Å²) in [7, 11) is 0. The molecule has 0 aliphatic rings. The molecule has 5 nitrogen and oxygen atoms in total. The molecule has 1 aromatic carbocycles. The first-order valence-corrected chi connectivity index (χ1v) is 6.99. The van der Waals surface area contributed by atoms with E-state index in [0.29, 0.717) is 23.4 Å². The Morgan fingerprint density at radius 2 is 1.74 bits per heavy atom. The fourth-order valence-corrected chi connectivity index (χ4v) is 2.51. The predicted octanol–water partition coefficient (Wildman–Crippen LogP) is 2.52. The SMILES string of the molecule is Cc1cn(Cc2ccc(F)cc2)c(C)c1C(=O)CC(=O)C(=O)O. The molecule has 0 amide bonds. The molecule has 0 unspecified atom stereocenters. The Morgan fingerprint density at radius 1 is 1.13 bits per heavy atom. The molecule has 2 rings (SSSR count). The number of ketones is 2. The number of aryl methyl sites for hydroxylation is 1. The molecule has 1 N–H and O–H groups in total. The molecule has 0 radical (unpaired) electrons. The van der Waals surface area contributed by atoms with E-state index in [1.807, 2.05) is 4.57 Å². The highest BCUT2D eigenvalue weighted by atomic mass is 19.1. The van der Waals surface area contributed by atoms with Gasteiger partial charge in [-0.25, -0.2) is 9.18 Å². The number of carbonyl (C=O) groups is 3. The molecule has 0 aliphatic carbocycles. The van der Waals surface area contributed by atoms with Crippen LogP contribution >= 0.6 is 0 Å². The lowest BCUT2D eigenvalue weighted by atomic mass is 10.0. The van der Waals surface area contributed by atoms with Gasteiger partial charge in [-0.2, -0.15) is 0 Å². The molecule has 0 saturated heterocycles. The summed E-state index contributed by atoms with van der Waals surface area (Å²) in [4.78, 5) is 34.0. The van der Waals surface area contributed by atoms with E-state index in [2.05, 4.69) is 0 Å². The molecular weight excluding hydrogens is 301 g/mol. The average molecular weight is 317 g/mol. The summed E-state index contributed by atoms with van der Waals surface area (Å²) in [5, 5.41) is 8.60. The van der Waals surface area contributed by atoms with E-state index < -0.39 is 24.0 Å². The van der Waals surface area contributed by atoms with Crippen molar-refractivity contribution in [3.8, 4) is 0 Å². The standard InChI is InChI=1S/C17H16FNO4/c1-10-8-19(9-12-3-5-13(18)6-4-12)11(2)16(10)14(20)7-15(21)17(22)23/h3-6,8H,7,9H2,1-2H3,(H,22,23). The Bertz CT molecular complexity index is 775. The third kappa shape index (κ3) is 3.71. The number of carboxylic acids is 1. The summed E-state index contributed by atoms with van der Waals surface area (Å²) in [6, 6.07) is 6.02. The largest absolute Gasteiger partial charge is 0.475 e. The predicted molar refractivity (Wildman–Crippen MR) is 81.0 cm³/mol. The van der Waals surface area contributed by atoms with Gasteiger partial charge < -0.3 is 9.67 Å².